The molecule has 202 valence electrons. The number of rotatable bonds is 8. The van der Waals surface area contributed by atoms with E-state index in [9.17, 15) is 23.1 Å². The van der Waals surface area contributed by atoms with E-state index in [-0.39, 0.29) is 17.8 Å². The average Bonchev–Trinajstić information content (AvgIpc) is 3.09. The highest BCUT2D eigenvalue weighted by Crippen LogP contribution is 2.41. The van der Waals surface area contributed by atoms with Crippen LogP contribution in [0.5, 0.6) is 0 Å². The van der Waals surface area contributed by atoms with Crippen LogP contribution in [0.25, 0.3) is 17.2 Å². The molecule has 0 radical (unpaired) electrons. The molecule has 3 nitrogen and oxygen atoms in total. The molecule has 0 bridgehead atoms. The minimum absolute atomic E-state index is 0.0395. The highest BCUT2D eigenvalue weighted by Gasteiger charge is 2.23. The number of likely N-dealkylation sites (tertiary alicyclic amines) is 1. The van der Waals surface area contributed by atoms with Gasteiger partial charge in [-0.25, -0.2) is 13.6 Å². The average molecular weight is 532 g/mol. The summed E-state index contributed by atoms with van der Waals surface area (Å²) in [6.45, 7) is 3.95. The fraction of sp³-hybridized carbons (Fsp3) is 0.303. The lowest BCUT2D eigenvalue weighted by molar-refractivity contribution is 0.0696. The third-order valence-corrected chi connectivity index (χ3v) is 7.68. The third-order valence-electron chi connectivity index (χ3n) is 7.68. The molecule has 0 unspecified atom stereocenters. The van der Waals surface area contributed by atoms with Crippen LogP contribution in [0, 0.1) is 6.92 Å². The maximum atomic E-state index is 13.5. The van der Waals surface area contributed by atoms with Gasteiger partial charge in [0.05, 0.1) is 12.2 Å². The zero-order chi connectivity index (χ0) is 27.5. The SMILES string of the molecule is Cc1cc(C2=C(c3ccc(C=C4CN(CCCF)C4)cc3)c3ccc(C(=O)O)cc3CCC2)ccc1C(F)F. The number of benzene rings is 3. The summed E-state index contributed by atoms with van der Waals surface area (Å²) in [5, 5.41) is 9.56. The summed E-state index contributed by atoms with van der Waals surface area (Å²) in [6.07, 6.45) is 2.54. The lowest BCUT2D eigenvalue weighted by atomic mass is 9.86. The van der Waals surface area contributed by atoms with Crippen LogP contribution >= 0.6 is 0 Å². The highest BCUT2D eigenvalue weighted by molar-refractivity contribution is 6.01. The van der Waals surface area contributed by atoms with E-state index in [4.69, 9.17) is 0 Å². The first-order valence-electron chi connectivity index (χ1n) is 13.4. The van der Waals surface area contributed by atoms with E-state index in [1.807, 2.05) is 12.1 Å². The summed E-state index contributed by atoms with van der Waals surface area (Å²) in [6, 6.07) is 18.8. The first-order chi connectivity index (χ1) is 18.8. The molecule has 39 heavy (non-hydrogen) atoms. The van der Waals surface area contributed by atoms with Gasteiger partial charge in [-0.1, -0.05) is 54.6 Å². The van der Waals surface area contributed by atoms with Crippen molar-refractivity contribution < 1.29 is 23.1 Å². The fourth-order valence-corrected chi connectivity index (χ4v) is 5.69. The number of halogens is 3. The van der Waals surface area contributed by atoms with Crippen LogP contribution in [0.1, 0.15) is 75.0 Å². The van der Waals surface area contributed by atoms with Gasteiger partial charge in [-0.05, 0) is 94.8 Å². The number of carbonyl (C=O) groups is 1. The summed E-state index contributed by atoms with van der Waals surface area (Å²) >= 11 is 0. The Kier molecular flexibility index (Phi) is 8.03. The van der Waals surface area contributed by atoms with E-state index < -0.39 is 12.4 Å². The second-order valence-electron chi connectivity index (χ2n) is 10.4. The molecule has 1 aliphatic carbocycles. The van der Waals surface area contributed by atoms with Crippen molar-refractivity contribution in [3.05, 3.63) is 111 Å². The van der Waals surface area contributed by atoms with Gasteiger partial charge in [-0.2, -0.15) is 0 Å². The van der Waals surface area contributed by atoms with Crippen LogP contribution < -0.4 is 0 Å². The van der Waals surface area contributed by atoms with Crippen molar-refractivity contribution in [3.63, 3.8) is 0 Å². The number of carboxylic acid groups (broad SMARTS) is 1. The molecule has 0 atom stereocenters. The number of nitrogens with zero attached hydrogens (tertiary/aromatic N) is 1. The van der Waals surface area contributed by atoms with Crippen molar-refractivity contribution in [1.82, 2.24) is 4.90 Å². The summed E-state index contributed by atoms with van der Waals surface area (Å²) < 4.78 is 39.3. The minimum atomic E-state index is -2.52. The zero-order valence-electron chi connectivity index (χ0n) is 22.0. The molecule has 0 aromatic heterocycles. The number of aryl methyl sites for hydroxylation is 2. The Balaban J connectivity index is 1.55. The van der Waals surface area contributed by atoms with Crippen LogP contribution in [-0.2, 0) is 6.42 Å². The molecule has 1 saturated heterocycles. The molecule has 0 amide bonds. The predicted molar refractivity (Wildman–Crippen MR) is 150 cm³/mol. The number of hydrogen-bond donors (Lipinski definition) is 1. The Morgan fingerprint density at radius 2 is 1.74 bits per heavy atom. The molecule has 3 aromatic carbocycles. The lowest BCUT2D eigenvalue weighted by Gasteiger charge is -2.33. The molecule has 1 heterocycles. The number of hydrogen-bond acceptors (Lipinski definition) is 2. The molecule has 1 aliphatic heterocycles. The maximum absolute atomic E-state index is 13.5. The van der Waals surface area contributed by atoms with Crippen molar-refractivity contribution in [3.8, 4) is 0 Å². The largest absolute Gasteiger partial charge is 0.478 e. The molecule has 5 rings (SSSR count). The number of alkyl halides is 3. The summed E-state index contributed by atoms with van der Waals surface area (Å²) in [4.78, 5) is 13.9. The van der Waals surface area contributed by atoms with E-state index in [2.05, 4.69) is 35.2 Å². The Morgan fingerprint density at radius 3 is 2.41 bits per heavy atom. The molecule has 6 heteroatoms. The number of aromatic carboxylic acids is 1. The Hall–Kier alpha value is -3.64. The van der Waals surface area contributed by atoms with Gasteiger partial charge in [0.25, 0.3) is 6.43 Å². The van der Waals surface area contributed by atoms with E-state index in [1.165, 1.54) is 11.6 Å². The van der Waals surface area contributed by atoms with E-state index in [1.54, 1.807) is 25.1 Å². The van der Waals surface area contributed by atoms with Crippen LogP contribution in [0.2, 0.25) is 0 Å². The Labute approximate surface area is 227 Å². The zero-order valence-corrected chi connectivity index (χ0v) is 22.0. The quantitative estimate of drug-likeness (QED) is 0.320. The molecule has 1 fully saturated rings. The van der Waals surface area contributed by atoms with Crippen LogP contribution in [0.4, 0.5) is 13.2 Å². The molecule has 0 spiro atoms. The Morgan fingerprint density at radius 1 is 1.00 bits per heavy atom. The van der Waals surface area contributed by atoms with Gasteiger partial charge in [-0.15, -0.1) is 0 Å². The second-order valence-corrected chi connectivity index (χ2v) is 10.4. The first-order valence-corrected chi connectivity index (χ1v) is 13.4. The van der Waals surface area contributed by atoms with Crippen LogP contribution in [0.3, 0.4) is 0 Å². The van der Waals surface area contributed by atoms with Crippen molar-refractivity contribution >= 4 is 23.2 Å². The molecule has 3 aromatic rings. The molecular weight excluding hydrogens is 499 g/mol. The first kappa shape index (κ1) is 26.9. The maximum Gasteiger partial charge on any atom is 0.335 e. The lowest BCUT2D eigenvalue weighted by Crippen LogP contribution is -2.40. The summed E-state index contributed by atoms with van der Waals surface area (Å²) in [7, 11) is 0. The van der Waals surface area contributed by atoms with E-state index in [0.29, 0.717) is 12.0 Å². The summed E-state index contributed by atoms with van der Waals surface area (Å²) in [5.74, 6) is -0.956. The monoisotopic (exact) mass is 531 g/mol. The molecular formula is C33H32F3NO2. The smallest absolute Gasteiger partial charge is 0.335 e. The van der Waals surface area contributed by atoms with Gasteiger partial charge >= 0.3 is 5.97 Å². The van der Waals surface area contributed by atoms with Gasteiger partial charge < -0.3 is 5.11 Å². The van der Waals surface area contributed by atoms with Crippen molar-refractivity contribution in [1.29, 1.82) is 0 Å². The van der Waals surface area contributed by atoms with Crippen LogP contribution in [0.15, 0.2) is 66.2 Å². The normalized spacial score (nSPS) is 15.7. The van der Waals surface area contributed by atoms with Crippen molar-refractivity contribution in [2.75, 3.05) is 26.3 Å². The molecule has 0 saturated carbocycles. The standard InChI is InChI=1S/C33H32F3NO2/c1-21-16-26(10-12-28(21)32(35)36)29-5-2-4-25-18-27(33(38)39)11-13-30(25)31(29)24-8-6-22(7-9-24)17-23-19-37(20-23)15-3-14-34/h6-13,16-18,32H,2-5,14-15,19-20H2,1H3,(H,38,39). The van der Waals surface area contributed by atoms with E-state index >= 15 is 0 Å². The second kappa shape index (κ2) is 11.6. The predicted octanol–water partition coefficient (Wildman–Crippen LogP) is 7.98. The van der Waals surface area contributed by atoms with Gasteiger partial charge in [0, 0.05) is 25.2 Å². The number of carboxylic acids is 1. The fourth-order valence-electron chi connectivity index (χ4n) is 5.69. The van der Waals surface area contributed by atoms with Crippen molar-refractivity contribution in [2.24, 2.45) is 0 Å². The minimum Gasteiger partial charge on any atom is -0.478 e. The van der Waals surface area contributed by atoms with Gasteiger partial charge in [0.15, 0.2) is 0 Å². The summed E-state index contributed by atoms with van der Waals surface area (Å²) in [5.41, 5.74) is 9.25. The molecule has 1 N–H and O–H groups in total. The number of allylic oxidation sites excluding steroid dienone is 1. The topological polar surface area (TPSA) is 40.5 Å². The van der Waals surface area contributed by atoms with Crippen LogP contribution in [-0.4, -0.2) is 42.3 Å². The van der Waals surface area contributed by atoms with Gasteiger partial charge in [-0.3, -0.25) is 9.29 Å². The molecule has 2 aliphatic rings. The van der Waals surface area contributed by atoms with Gasteiger partial charge in [0.2, 0.25) is 0 Å². The Bertz CT molecular complexity index is 1430. The highest BCUT2D eigenvalue weighted by atomic mass is 19.3. The third kappa shape index (κ3) is 5.86. The van der Waals surface area contributed by atoms with Crippen molar-refractivity contribution in [2.45, 2.75) is 39.0 Å². The van der Waals surface area contributed by atoms with E-state index in [0.717, 1.165) is 77.9 Å². The van der Waals surface area contributed by atoms with Gasteiger partial charge in [0.1, 0.15) is 0 Å². The number of fused-ring (bicyclic) bond motifs is 1.